The van der Waals surface area contributed by atoms with Gasteiger partial charge in [0.25, 0.3) is 15.9 Å². The number of carbonyl (C=O) groups excluding carboxylic acids is 1. The molecule has 0 aromatic heterocycles. The Morgan fingerprint density at radius 3 is 2.22 bits per heavy atom. The number of sulfonamides is 2. The van der Waals surface area contributed by atoms with E-state index in [0.29, 0.717) is 4.13 Å². The molecule has 27 heavy (non-hydrogen) atoms. The largest absolute Gasteiger partial charge is 0.512 e. The fourth-order valence-corrected chi connectivity index (χ4v) is 4.69. The van der Waals surface area contributed by atoms with Crippen molar-refractivity contribution < 1.29 is 34.8 Å². The fourth-order valence-electron chi connectivity index (χ4n) is 2.04. The first kappa shape index (κ1) is 20.9. The van der Waals surface area contributed by atoms with Crippen molar-refractivity contribution >= 4 is 42.4 Å². The number of rotatable bonds is 5. The lowest BCUT2D eigenvalue weighted by atomic mass is 10.1. The number of benzene rings is 2. The average Bonchev–Trinajstić information content (AvgIpc) is 2.51. The summed E-state index contributed by atoms with van der Waals surface area (Å²) in [6, 6.07) is 7.93. The Hall–Kier alpha value is -2.44. The van der Waals surface area contributed by atoms with Gasteiger partial charge < -0.3 is 5.32 Å². The summed E-state index contributed by atoms with van der Waals surface area (Å²) in [6.45, 7) is 4.81. The van der Waals surface area contributed by atoms with Gasteiger partial charge in [0.05, 0.1) is 4.90 Å². The fraction of sp³-hybridized carbons (Fsp3) is 0.133. The summed E-state index contributed by atoms with van der Waals surface area (Å²) in [4.78, 5) is 11.0. The lowest BCUT2D eigenvalue weighted by Crippen LogP contribution is -2.40. The molecule has 0 fully saturated rings. The molecular weight excluding hydrogens is 409 g/mol. The standard InChI is InChI=1S/C15H13F3N2O5S2/c1-9(2)14(21)19-11-7-10-5-3-4-6-12(10)13(8-11)26(22,23)20-27(24,25)15(16,17)18/h3-8,20H,1H2,2H3,(H,19,21). The Labute approximate surface area is 153 Å². The van der Waals surface area contributed by atoms with Crippen molar-refractivity contribution in [2.75, 3.05) is 5.32 Å². The maximum Gasteiger partial charge on any atom is 0.512 e. The van der Waals surface area contributed by atoms with Crippen LogP contribution in [0.5, 0.6) is 0 Å². The summed E-state index contributed by atoms with van der Waals surface area (Å²) < 4.78 is 85.5. The summed E-state index contributed by atoms with van der Waals surface area (Å²) in [5.74, 6) is -0.649. The predicted octanol–water partition coefficient (Wildman–Crippen LogP) is 2.48. The third kappa shape index (κ3) is 4.46. The maximum atomic E-state index is 12.6. The van der Waals surface area contributed by atoms with E-state index in [1.54, 1.807) is 0 Å². The van der Waals surface area contributed by atoms with Gasteiger partial charge in [-0.1, -0.05) is 35.0 Å². The number of hydrogen-bond acceptors (Lipinski definition) is 5. The first-order chi connectivity index (χ1) is 12.2. The number of anilines is 1. The normalized spacial score (nSPS) is 12.7. The van der Waals surface area contributed by atoms with Crippen LogP contribution in [0.25, 0.3) is 10.8 Å². The van der Waals surface area contributed by atoms with E-state index < -0.39 is 36.4 Å². The minimum atomic E-state index is -6.16. The highest BCUT2D eigenvalue weighted by molar-refractivity contribution is 8.05. The minimum Gasteiger partial charge on any atom is -0.322 e. The Morgan fingerprint density at radius 2 is 1.67 bits per heavy atom. The zero-order chi connectivity index (χ0) is 20.6. The predicted molar refractivity (Wildman–Crippen MR) is 92.7 cm³/mol. The second-order valence-electron chi connectivity index (χ2n) is 5.47. The van der Waals surface area contributed by atoms with Gasteiger partial charge in [0.1, 0.15) is 0 Å². The molecule has 2 aromatic rings. The number of halogens is 3. The van der Waals surface area contributed by atoms with Crippen LogP contribution in [-0.2, 0) is 24.8 Å². The number of fused-ring (bicyclic) bond motifs is 1. The van der Waals surface area contributed by atoms with Gasteiger partial charge in [-0.2, -0.15) is 13.2 Å². The van der Waals surface area contributed by atoms with Crippen molar-refractivity contribution in [1.82, 2.24) is 4.13 Å². The van der Waals surface area contributed by atoms with E-state index in [9.17, 15) is 34.8 Å². The molecule has 0 aliphatic rings. The van der Waals surface area contributed by atoms with Gasteiger partial charge in [0.2, 0.25) is 0 Å². The smallest absolute Gasteiger partial charge is 0.322 e. The molecule has 7 nitrogen and oxygen atoms in total. The SMILES string of the molecule is C=C(C)C(=O)Nc1cc(S(=O)(=O)NS(=O)(=O)C(F)(F)F)c2ccccc2c1. The van der Waals surface area contributed by atoms with Crippen LogP contribution < -0.4 is 9.44 Å². The highest BCUT2D eigenvalue weighted by Gasteiger charge is 2.48. The van der Waals surface area contributed by atoms with E-state index in [0.717, 1.165) is 6.07 Å². The topological polar surface area (TPSA) is 109 Å². The molecule has 0 bridgehead atoms. The van der Waals surface area contributed by atoms with Gasteiger partial charge in [-0.05, 0) is 24.4 Å². The maximum absolute atomic E-state index is 12.6. The second-order valence-corrected chi connectivity index (χ2v) is 9.05. The zero-order valence-corrected chi connectivity index (χ0v) is 15.3. The lowest BCUT2D eigenvalue weighted by Gasteiger charge is -2.14. The summed E-state index contributed by atoms with van der Waals surface area (Å²) in [6.07, 6.45) is 0. The van der Waals surface area contributed by atoms with Crippen LogP contribution >= 0.6 is 0 Å². The monoisotopic (exact) mass is 422 g/mol. The van der Waals surface area contributed by atoms with Crippen LogP contribution in [0.2, 0.25) is 0 Å². The van der Waals surface area contributed by atoms with Crippen molar-refractivity contribution in [2.24, 2.45) is 0 Å². The van der Waals surface area contributed by atoms with Gasteiger partial charge in [-0.3, -0.25) is 4.79 Å². The van der Waals surface area contributed by atoms with Crippen LogP contribution in [-0.4, -0.2) is 28.3 Å². The Balaban J connectivity index is 2.65. The molecule has 0 unspecified atom stereocenters. The highest BCUT2D eigenvalue weighted by atomic mass is 32.3. The molecule has 0 spiro atoms. The molecule has 0 heterocycles. The summed E-state index contributed by atoms with van der Waals surface area (Å²) >= 11 is 0. The third-order valence-electron chi connectivity index (χ3n) is 3.28. The van der Waals surface area contributed by atoms with Gasteiger partial charge in [0, 0.05) is 16.6 Å². The molecule has 2 rings (SSSR count). The first-order valence-electron chi connectivity index (χ1n) is 7.09. The average molecular weight is 422 g/mol. The van der Waals surface area contributed by atoms with Gasteiger partial charge >= 0.3 is 15.5 Å². The Bertz CT molecular complexity index is 1140. The summed E-state index contributed by atoms with van der Waals surface area (Å²) in [5, 5.41) is 2.56. The van der Waals surface area contributed by atoms with Crippen molar-refractivity contribution in [3.63, 3.8) is 0 Å². The van der Waals surface area contributed by atoms with E-state index in [1.807, 2.05) is 0 Å². The summed E-state index contributed by atoms with van der Waals surface area (Å²) in [5.41, 5.74) is -5.78. The van der Waals surface area contributed by atoms with E-state index in [1.165, 1.54) is 37.3 Å². The molecule has 2 aromatic carbocycles. The minimum absolute atomic E-state index is 0.0318. The lowest BCUT2D eigenvalue weighted by molar-refractivity contribution is -0.112. The van der Waals surface area contributed by atoms with E-state index in [2.05, 4.69) is 11.9 Å². The number of amides is 1. The molecule has 146 valence electrons. The molecule has 0 atom stereocenters. The van der Waals surface area contributed by atoms with Crippen molar-refractivity contribution in [3.05, 3.63) is 48.6 Å². The third-order valence-corrected chi connectivity index (χ3v) is 6.56. The van der Waals surface area contributed by atoms with Gasteiger partial charge in [0.15, 0.2) is 0 Å². The Morgan fingerprint density at radius 1 is 1.07 bits per heavy atom. The first-order valence-corrected chi connectivity index (χ1v) is 10.1. The molecule has 12 heteroatoms. The highest BCUT2D eigenvalue weighted by Crippen LogP contribution is 2.30. The van der Waals surface area contributed by atoms with Crippen LogP contribution in [0.4, 0.5) is 18.9 Å². The molecule has 0 saturated heterocycles. The molecule has 0 aliphatic carbocycles. The van der Waals surface area contributed by atoms with Crippen LogP contribution in [0.3, 0.4) is 0 Å². The number of alkyl halides is 3. The van der Waals surface area contributed by atoms with Gasteiger partial charge in [-0.25, -0.2) is 16.8 Å². The number of carbonyl (C=O) groups is 1. The van der Waals surface area contributed by atoms with Crippen LogP contribution in [0, 0.1) is 0 Å². The van der Waals surface area contributed by atoms with Crippen LogP contribution in [0.1, 0.15) is 6.92 Å². The molecular formula is C15H13F3N2O5S2. The van der Waals surface area contributed by atoms with Crippen molar-refractivity contribution in [2.45, 2.75) is 17.3 Å². The number of nitrogens with one attached hydrogen (secondary N) is 2. The molecule has 0 aliphatic heterocycles. The molecule has 0 radical (unpaired) electrons. The Kier molecular flexibility index (Phi) is 5.37. The molecule has 0 saturated carbocycles. The van der Waals surface area contributed by atoms with Gasteiger partial charge in [-0.15, -0.1) is 0 Å². The van der Waals surface area contributed by atoms with E-state index in [4.69, 9.17) is 0 Å². The van der Waals surface area contributed by atoms with Crippen molar-refractivity contribution in [3.8, 4) is 0 Å². The quantitative estimate of drug-likeness (QED) is 0.720. The molecule has 1 amide bonds. The summed E-state index contributed by atoms with van der Waals surface area (Å²) in [7, 11) is -11.3. The molecule has 2 N–H and O–H groups in total. The van der Waals surface area contributed by atoms with E-state index >= 15 is 0 Å². The zero-order valence-electron chi connectivity index (χ0n) is 13.7. The van der Waals surface area contributed by atoms with E-state index in [-0.39, 0.29) is 22.0 Å². The second kappa shape index (κ2) is 6.94. The number of hydrogen-bond donors (Lipinski definition) is 2. The van der Waals surface area contributed by atoms with Crippen LogP contribution in [0.15, 0.2) is 53.4 Å². The van der Waals surface area contributed by atoms with Crippen molar-refractivity contribution in [1.29, 1.82) is 0 Å².